The molecule has 4 heterocycles. The Bertz CT molecular complexity index is 1470. The highest BCUT2D eigenvalue weighted by Crippen LogP contribution is 2.39. The van der Waals surface area contributed by atoms with Crippen molar-refractivity contribution >= 4 is 35.0 Å². The number of carbonyl (C=O) groups is 2. The molecule has 0 bridgehead atoms. The number of carbonyl (C=O) groups excluding carboxylic acids is 2. The Morgan fingerprint density at radius 3 is 2.71 bits per heavy atom. The molecule has 0 unspecified atom stereocenters. The number of amides is 1. The van der Waals surface area contributed by atoms with Crippen molar-refractivity contribution in [2.24, 2.45) is 0 Å². The van der Waals surface area contributed by atoms with Crippen LogP contribution in [0.2, 0.25) is 0 Å². The van der Waals surface area contributed by atoms with Crippen LogP contribution in [0.4, 0.5) is 21.6 Å². The molecule has 1 amide bonds. The Hall–Kier alpha value is -4.41. The summed E-state index contributed by atoms with van der Waals surface area (Å²) < 4.78 is 14.8. The van der Waals surface area contributed by atoms with Crippen LogP contribution in [0.1, 0.15) is 32.8 Å². The Balaban J connectivity index is 1.40. The predicted molar refractivity (Wildman–Crippen MR) is 127 cm³/mol. The van der Waals surface area contributed by atoms with Crippen molar-refractivity contribution in [1.29, 1.82) is 0 Å². The number of aromatic nitrogens is 5. The highest BCUT2D eigenvalue weighted by Gasteiger charge is 2.39. The van der Waals surface area contributed by atoms with E-state index in [0.717, 1.165) is 23.2 Å². The summed E-state index contributed by atoms with van der Waals surface area (Å²) in [4.78, 5) is 38.8. The number of fused-ring (bicyclic) bond motifs is 2. The number of nitrogens with zero attached hydrogens (tertiary/aromatic N) is 6. The maximum atomic E-state index is 13.3. The first-order valence-electron chi connectivity index (χ1n) is 11.3. The van der Waals surface area contributed by atoms with Crippen molar-refractivity contribution in [2.75, 3.05) is 23.8 Å². The first kappa shape index (κ1) is 21.1. The third-order valence-corrected chi connectivity index (χ3v) is 6.34. The highest BCUT2D eigenvalue weighted by molar-refractivity contribution is 5.94. The van der Waals surface area contributed by atoms with Gasteiger partial charge >= 0.3 is 0 Å². The monoisotopic (exact) mass is 472 g/mol. The number of aldehydes is 1. The molecule has 0 saturated heterocycles. The zero-order valence-electron chi connectivity index (χ0n) is 18.8. The van der Waals surface area contributed by atoms with Gasteiger partial charge in [-0.1, -0.05) is 12.1 Å². The van der Waals surface area contributed by atoms with Crippen LogP contribution in [-0.4, -0.2) is 62.6 Å². The van der Waals surface area contributed by atoms with Crippen molar-refractivity contribution in [3.8, 4) is 11.4 Å². The van der Waals surface area contributed by atoms with Gasteiger partial charge in [-0.25, -0.2) is 23.9 Å². The van der Waals surface area contributed by atoms with Crippen LogP contribution in [0.25, 0.3) is 17.0 Å². The maximum Gasteiger partial charge on any atom is 0.271 e. The smallest absolute Gasteiger partial charge is 0.271 e. The summed E-state index contributed by atoms with van der Waals surface area (Å²) >= 11 is 0. The topological polar surface area (TPSA) is 117 Å². The third kappa shape index (κ3) is 3.56. The Kier molecular flexibility index (Phi) is 4.90. The van der Waals surface area contributed by atoms with Crippen LogP contribution in [-0.2, 0) is 6.42 Å². The molecule has 176 valence electrons. The lowest BCUT2D eigenvalue weighted by molar-refractivity contribution is 0.0940. The molecule has 4 aromatic rings. The second-order valence-electron chi connectivity index (χ2n) is 8.54. The van der Waals surface area contributed by atoms with E-state index < -0.39 is 18.1 Å². The summed E-state index contributed by atoms with van der Waals surface area (Å²) in [6, 6.07) is 7.33. The van der Waals surface area contributed by atoms with Gasteiger partial charge in [-0.3, -0.25) is 9.59 Å². The minimum atomic E-state index is -0.997. The van der Waals surface area contributed by atoms with Crippen LogP contribution >= 0.6 is 0 Å². The van der Waals surface area contributed by atoms with Crippen molar-refractivity contribution in [1.82, 2.24) is 29.9 Å². The fraction of sp³-hybridized carbons (Fsp3) is 0.250. The molecule has 0 spiro atoms. The summed E-state index contributed by atoms with van der Waals surface area (Å²) in [5.74, 6) is 0.777. The number of imidazole rings is 1. The summed E-state index contributed by atoms with van der Waals surface area (Å²) in [7, 11) is 1.78. The summed E-state index contributed by atoms with van der Waals surface area (Å²) in [5, 5.41) is 10.6. The van der Waals surface area contributed by atoms with Crippen molar-refractivity contribution in [3.63, 3.8) is 0 Å². The Morgan fingerprint density at radius 1 is 1.20 bits per heavy atom. The molecule has 11 heteroatoms. The van der Waals surface area contributed by atoms with E-state index in [0.29, 0.717) is 47.8 Å². The van der Waals surface area contributed by atoms with Crippen LogP contribution in [0.15, 0.2) is 42.9 Å². The van der Waals surface area contributed by atoms with E-state index in [-0.39, 0.29) is 5.69 Å². The summed E-state index contributed by atoms with van der Waals surface area (Å²) in [6.45, 7) is 0.669. The van der Waals surface area contributed by atoms with Crippen LogP contribution in [0, 0.1) is 0 Å². The van der Waals surface area contributed by atoms with Gasteiger partial charge in [0.2, 0.25) is 0 Å². The molecular weight excluding hydrogens is 451 g/mol. The second-order valence-corrected chi connectivity index (χ2v) is 8.54. The van der Waals surface area contributed by atoms with Gasteiger partial charge in [0, 0.05) is 49.7 Å². The van der Waals surface area contributed by atoms with Gasteiger partial charge in [-0.2, -0.15) is 0 Å². The van der Waals surface area contributed by atoms with E-state index in [2.05, 4.69) is 30.5 Å². The molecule has 35 heavy (non-hydrogen) atoms. The Labute approximate surface area is 199 Å². The molecule has 1 saturated carbocycles. The van der Waals surface area contributed by atoms with Crippen LogP contribution in [0.5, 0.6) is 0 Å². The normalized spacial score (nSPS) is 18.4. The minimum absolute atomic E-state index is 0.245. The third-order valence-electron chi connectivity index (χ3n) is 6.34. The van der Waals surface area contributed by atoms with Gasteiger partial charge in [0.1, 0.15) is 6.17 Å². The fourth-order valence-electron chi connectivity index (χ4n) is 4.40. The predicted octanol–water partition coefficient (Wildman–Crippen LogP) is 2.57. The summed E-state index contributed by atoms with van der Waals surface area (Å²) in [5.41, 5.74) is 4.81. The van der Waals surface area contributed by atoms with Crippen molar-refractivity contribution < 1.29 is 14.0 Å². The molecular formula is C24H21FN8O2. The quantitative estimate of drug-likeness (QED) is 0.411. The number of hydrogen-bond donors (Lipinski definition) is 2. The largest absolute Gasteiger partial charge is 0.385 e. The van der Waals surface area contributed by atoms with Gasteiger partial charge in [-0.15, -0.1) is 5.10 Å². The van der Waals surface area contributed by atoms with E-state index in [1.54, 1.807) is 7.05 Å². The van der Waals surface area contributed by atoms with Crippen LogP contribution < -0.4 is 15.5 Å². The second kappa shape index (κ2) is 8.12. The number of hydrogen-bond acceptors (Lipinski definition) is 8. The number of anilines is 3. The molecule has 1 aliphatic heterocycles. The van der Waals surface area contributed by atoms with Gasteiger partial charge in [0.05, 0.1) is 23.5 Å². The molecule has 10 nitrogen and oxygen atoms in total. The zero-order chi connectivity index (χ0) is 24.1. The van der Waals surface area contributed by atoms with Gasteiger partial charge in [0.15, 0.2) is 29.3 Å². The van der Waals surface area contributed by atoms with E-state index in [9.17, 15) is 14.0 Å². The van der Waals surface area contributed by atoms with E-state index >= 15 is 0 Å². The molecule has 2 aliphatic rings. The zero-order valence-corrected chi connectivity index (χ0v) is 18.8. The first-order chi connectivity index (χ1) is 17.1. The average molecular weight is 472 g/mol. The Morgan fingerprint density at radius 2 is 2.00 bits per heavy atom. The minimum Gasteiger partial charge on any atom is -0.385 e. The van der Waals surface area contributed by atoms with Crippen LogP contribution in [0.3, 0.4) is 0 Å². The fourth-order valence-corrected chi connectivity index (χ4v) is 4.40. The number of rotatable bonds is 6. The van der Waals surface area contributed by atoms with E-state index in [4.69, 9.17) is 5.10 Å². The molecule has 0 radical (unpaired) electrons. The highest BCUT2D eigenvalue weighted by atomic mass is 19.1. The SMILES string of the molecule is CNc1cc(N2CCc3c(-c4ncc(C=O)cn4)cccc32)nn2c(C(=O)N[C@@H]3C[C@@H]3F)cnc12. The standard InChI is InChI=1S/C24H21FN8O2/c1-26-18-8-21(31-33-20(11-29-23(18)33)24(35)30-17-7-16(17)25)32-6-5-14-15(3-2-4-19(14)32)22-27-9-13(12-34)10-28-22/h2-4,8-12,16-17,26H,5-7H2,1H3,(H,30,35)/t16-,17+/m0/s1. The molecule has 2 atom stereocenters. The van der Waals surface area contributed by atoms with Crippen molar-refractivity contribution in [3.05, 3.63) is 59.7 Å². The lowest BCUT2D eigenvalue weighted by Gasteiger charge is -2.20. The number of benzene rings is 1. The van der Waals surface area contributed by atoms with Crippen molar-refractivity contribution in [2.45, 2.75) is 25.1 Å². The number of nitrogens with one attached hydrogen (secondary N) is 2. The summed E-state index contributed by atoms with van der Waals surface area (Å²) in [6.07, 6.45) is 5.26. The van der Waals surface area contributed by atoms with E-state index in [1.807, 2.05) is 24.3 Å². The lowest BCUT2D eigenvalue weighted by Crippen LogP contribution is -2.28. The molecule has 3 aromatic heterocycles. The molecule has 6 rings (SSSR count). The number of alkyl halides is 1. The molecule has 1 fully saturated rings. The first-order valence-corrected chi connectivity index (χ1v) is 11.3. The average Bonchev–Trinajstić information content (AvgIpc) is 3.26. The molecule has 1 aromatic carbocycles. The van der Waals surface area contributed by atoms with Gasteiger partial charge in [0.25, 0.3) is 5.91 Å². The number of halogens is 1. The molecule has 2 N–H and O–H groups in total. The lowest BCUT2D eigenvalue weighted by atomic mass is 10.0. The molecule has 1 aliphatic carbocycles. The van der Waals surface area contributed by atoms with Gasteiger partial charge in [-0.05, 0) is 18.1 Å². The maximum absolute atomic E-state index is 13.3. The van der Waals surface area contributed by atoms with E-state index in [1.165, 1.54) is 23.1 Å². The van der Waals surface area contributed by atoms with Gasteiger partial charge < -0.3 is 15.5 Å².